The first-order valence-electron chi connectivity index (χ1n) is 9.48. The van der Waals surface area contributed by atoms with Crippen molar-refractivity contribution in [2.45, 2.75) is 34.7 Å². The molecule has 0 radical (unpaired) electrons. The zero-order chi connectivity index (χ0) is 24.3. The summed E-state index contributed by atoms with van der Waals surface area (Å²) in [7, 11) is 0. The molecule has 13 heteroatoms. The summed E-state index contributed by atoms with van der Waals surface area (Å²) in [6.45, 7) is -0.558. The SMILES string of the molecule is NN/C(=C\NC1C(O)[C@@H](Sc2ccc(Cl)cc2Cl)OC(CO)[C@@H]1O)c1cc(F)c(F)c(F)c1. The minimum absolute atomic E-state index is 0.0656. The zero-order valence-electron chi connectivity index (χ0n) is 16.7. The van der Waals surface area contributed by atoms with E-state index < -0.39 is 53.8 Å². The van der Waals surface area contributed by atoms with E-state index in [1.165, 1.54) is 6.07 Å². The van der Waals surface area contributed by atoms with E-state index in [1.54, 1.807) is 12.1 Å². The van der Waals surface area contributed by atoms with E-state index in [2.05, 4.69) is 10.7 Å². The van der Waals surface area contributed by atoms with Crippen molar-refractivity contribution in [1.29, 1.82) is 0 Å². The summed E-state index contributed by atoms with van der Waals surface area (Å²) in [5.41, 5.74) is 1.05. The summed E-state index contributed by atoms with van der Waals surface area (Å²) in [4.78, 5) is 0.536. The lowest BCUT2D eigenvalue weighted by molar-refractivity contribution is -0.164. The van der Waals surface area contributed by atoms with Crippen LogP contribution in [0, 0.1) is 17.5 Å². The second-order valence-electron chi connectivity index (χ2n) is 7.05. The van der Waals surface area contributed by atoms with Crippen molar-refractivity contribution in [2.24, 2.45) is 5.84 Å². The molecular formula is C20H20Cl2F3N3O4S. The maximum absolute atomic E-state index is 13.6. The first kappa shape index (κ1) is 25.9. The molecule has 0 spiro atoms. The standard InChI is InChI=1S/C20H20Cl2F3N3O4S/c21-9-1-2-15(10(22)5-9)33-20-19(31)17(18(30)14(7-29)32-20)27-6-13(28-26)8-3-11(23)16(25)12(24)4-8/h1-6,14,17-20,27-31H,7,26H2/b13-6-/t14?,17?,18-,19?,20+/m0/s1. The molecule has 0 amide bonds. The van der Waals surface area contributed by atoms with Crippen LogP contribution in [0.15, 0.2) is 41.4 Å². The highest BCUT2D eigenvalue weighted by Gasteiger charge is 2.44. The fourth-order valence-electron chi connectivity index (χ4n) is 3.18. The van der Waals surface area contributed by atoms with Crippen LogP contribution in [0.3, 0.4) is 0 Å². The third-order valence-electron chi connectivity index (χ3n) is 4.89. The van der Waals surface area contributed by atoms with Gasteiger partial charge < -0.3 is 30.8 Å². The van der Waals surface area contributed by atoms with E-state index in [0.29, 0.717) is 14.9 Å². The number of nitrogens with two attached hydrogens (primary N) is 1. The number of hydrogen-bond acceptors (Lipinski definition) is 8. The first-order valence-corrected chi connectivity index (χ1v) is 11.1. The van der Waals surface area contributed by atoms with Crippen molar-refractivity contribution in [3.8, 4) is 0 Å². The summed E-state index contributed by atoms with van der Waals surface area (Å²) in [5.74, 6) is 0.945. The number of hydrazine groups is 1. The maximum Gasteiger partial charge on any atom is 0.194 e. The van der Waals surface area contributed by atoms with Crippen LogP contribution in [-0.4, -0.2) is 51.7 Å². The molecule has 7 nitrogen and oxygen atoms in total. The Labute approximate surface area is 201 Å². The van der Waals surface area contributed by atoms with Crippen molar-refractivity contribution in [3.63, 3.8) is 0 Å². The Kier molecular flexibility index (Phi) is 8.76. The van der Waals surface area contributed by atoms with Gasteiger partial charge in [0.2, 0.25) is 0 Å². The van der Waals surface area contributed by atoms with E-state index in [1.807, 2.05) is 0 Å². The lowest BCUT2D eigenvalue weighted by Crippen LogP contribution is -2.62. The highest BCUT2D eigenvalue weighted by atomic mass is 35.5. The van der Waals surface area contributed by atoms with Crippen LogP contribution < -0.4 is 16.6 Å². The van der Waals surface area contributed by atoms with Gasteiger partial charge in [-0.25, -0.2) is 13.2 Å². The Hall–Kier alpha value is -1.70. The summed E-state index contributed by atoms with van der Waals surface area (Å²) >= 11 is 13.1. The summed E-state index contributed by atoms with van der Waals surface area (Å²) in [5, 5.41) is 34.4. The smallest absolute Gasteiger partial charge is 0.194 e. The van der Waals surface area contributed by atoms with E-state index in [-0.39, 0.29) is 11.3 Å². The van der Waals surface area contributed by atoms with Gasteiger partial charge in [-0.05, 0) is 30.3 Å². The third-order valence-corrected chi connectivity index (χ3v) is 6.78. The molecule has 1 heterocycles. The molecule has 3 rings (SSSR count). The van der Waals surface area contributed by atoms with Crippen LogP contribution in [-0.2, 0) is 4.74 Å². The van der Waals surface area contributed by atoms with Gasteiger partial charge >= 0.3 is 0 Å². The normalized spacial score (nSPS) is 25.7. The number of hydrogen-bond donors (Lipinski definition) is 6. The van der Waals surface area contributed by atoms with Gasteiger partial charge in [-0.2, -0.15) is 0 Å². The summed E-state index contributed by atoms with van der Waals surface area (Å²) in [6, 6.07) is 5.08. The van der Waals surface area contributed by atoms with Gasteiger partial charge in [0.15, 0.2) is 17.5 Å². The van der Waals surface area contributed by atoms with Crippen LogP contribution in [0.25, 0.3) is 5.70 Å². The molecule has 1 fully saturated rings. The molecule has 0 aliphatic carbocycles. The number of benzene rings is 2. The average Bonchev–Trinajstić information content (AvgIpc) is 2.77. The topological polar surface area (TPSA) is 120 Å². The predicted octanol–water partition coefficient (Wildman–Crippen LogP) is 2.36. The lowest BCUT2D eigenvalue weighted by Gasteiger charge is -2.42. The molecule has 1 aliphatic heterocycles. The van der Waals surface area contributed by atoms with Gasteiger partial charge in [0.05, 0.1) is 23.4 Å². The molecule has 180 valence electrons. The van der Waals surface area contributed by atoms with Crippen molar-refractivity contribution in [2.75, 3.05) is 6.61 Å². The summed E-state index contributed by atoms with van der Waals surface area (Å²) < 4.78 is 46.1. The minimum atomic E-state index is -1.63. The van der Waals surface area contributed by atoms with Crippen molar-refractivity contribution in [1.82, 2.24) is 10.7 Å². The van der Waals surface area contributed by atoms with Crippen LogP contribution in [0.1, 0.15) is 5.56 Å². The Morgan fingerprint density at radius 2 is 1.79 bits per heavy atom. The van der Waals surface area contributed by atoms with E-state index >= 15 is 0 Å². The van der Waals surface area contributed by atoms with Crippen LogP contribution in [0.2, 0.25) is 10.0 Å². The Balaban J connectivity index is 1.84. The maximum atomic E-state index is 13.6. The van der Waals surface area contributed by atoms with Gasteiger partial charge in [-0.15, -0.1) is 0 Å². The average molecular weight is 526 g/mol. The quantitative estimate of drug-likeness (QED) is 0.185. The number of thioether (sulfide) groups is 1. The predicted molar refractivity (Wildman–Crippen MR) is 119 cm³/mol. The van der Waals surface area contributed by atoms with Crippen molar-refractivity contribution in [3.05, 3.63) is 69.6 Å². The molecule has 7 N–H and O–H groups in total. The Morgan fingerprint density at radius 3 is 2.36 bits per heavy atom. The van der Waals surface area contributed by atoms with Gasteiger partial charge in [-0.3, -0.25) is 5.84 Å². The number of ether oxygens (including phenoxy) is 1. The summed E-state index contributed by atoms with van der Waals surface area (Å²) in [6.07, 6.45) is -2.63. The number of halogens is 5. The van der Waals surface area contributed by atoms with Crippen molar-refractivity contribution >= 4 is 40.7 Å². The van der Waals surface area contributed by atoms with E-state index in [9.17, 15) is 28.5 Å². The second-order valence-corrected chi connectivity index (χ2v) is 9.03. The van der Waals surface area contributed by atoms with Crippen LogP contribution in [0.5, 0.6) is 0 Å². The molecule has 5 atom stereocenters. The molecule has 0 aromatic heterocycles. The molecule has 0 saturated carbocycles. The van der Waals surface area contributed by atoms with Crippen LogP contribution >= 0.6 is 35.0 Å². The largest absolute Gasteiger partial charge is 0.394 e. The van der Waals surface area contributed by atoms with Gasteiger partial charge in [0, 0.05) is 21.7 Å². The molecule has 33 heavy (non-hydrogen) atoms. The highest BCUT2D eigenvalue weighted by Crippen LogP contribution is 2.37. The molecule has 2 aromatic rings. The van der Waals surface area contributed by atoms with Crippen molar-refractivity contribution < 1.29 is 33.2 Å². The number of aliphatic hydroxyl groups is 3. The first-order chi connectivity index (χ1) is 15.7. The Morgan fingerprint density at radius 1 is 1.12 bits per heavy atom. The Bertz CT molecular complexity index is 1010. The van der Waals surface area contributed by atoms with Crippen LogP contribution in [0.4, 0.5) is 13.2 Å². The highest BCUT2D eigenvalue weighted by molar-refractivity contribution is 8.00. The fourth-order valence-corrected chi connectivity index (χ4v) is 4.79. The molecule has 3 unspecified atom stereocenters. The monoisotopic (exact) mass is 525 g/mol. The van der Waals surface area contributed by atoms with Gasteiger partial charge in [0.25, 0.3) is 0 Å². The number of nitrogens with one attached hydrogen (secondary N) is 2. The zero-order valence-corrected chi connectivity index (χ0v) is 19.0. The minimum Gasteiger partial charge on any atom is -0.394 e. The lowest BCUT2D eigenvalue weighted by atomic mass is 9.97. The molecular weight excluding hydrogens is 506 g/mol. The van der Waals surface area contributed by atoms with Gasteiger partial charge in [-0.1, -0.05) is 35.0 Å². The third kappa shape index (κ3) is 5.87. The molecule has 1 aliphatic rings. The molecule has 0 bridgehead atoms. The van der Waals surface area contributed by atoms with E-state index in [4.69, 9.17) is 33.8 Å². The number of aliphatic hydroxyl groups excluding tert-OH is 3. The fraction of sp³-hybridized carbons (Fsp3) is 0.300. The number of rotatable bonds is 7. The van der Waals surface area contributed by atoms with E-state index in [0.717, 1.165) is 30.1 Å². The second kappa shape index (κ2) is 11.2. The molecule has 2 aromatic carbocycles. The molecule has 1 saturated heterocycles. The van der Waals surface area contributed by atoms with Gasteiger partial charge in [0.1, 0.15) is 23.7 Å².